The van der Waals surface area contributed by atoms with E-state index in [-0.39, 0.29) is 0 Å². The number of hydrogen-bond acceptors (Lipinski definition) is 4. The molecule has 0 saturated carbocycles. The van der Waals surface area contributed by atoms with Crippen molar-refractivity contribution in [3.05, 3.63) is 30.2 Å². The standard InChI is InChI=1S/C9H10N4O/c1-7-5-11-13(12-7)9-4-3-8(14-2)6-10-9/h3-6H,1-2H3. The summed E-state index contributed by atoms with van der Waals surface area (Å²) in [7, 11) is 1.60. The van der Waals surface area contributed by atoms with Crippen molar-refractivity contribution in [1.82, 2.24) is 20.0 Å². The lowest BCUT2D eigenvalue weighted by molar-refractivity contribution is 0.412. The van der Waals surface area contributed by atoms with E-state index in [1.807, 2.05) is 13.0 Å². The zero-order valence-electron chi connectivity index (χ0n) is 8.01. The molecule has 0 saturated heterocycles. The van der Waals surface area contributed by atoms with Crippen LogP contribution in [0.5, 0.6) is 5.75 Å². The molecule has 14 heavy (non-hydrogen) atoms. The van der Waals surface area contributed by atoms with Crippen molar-refractivity contribution in [2.24, 2.45) is 0 Å². The van der Waals surface area contributed by atoms with Crippen LogP contribution in [0.4, 0.5) is 0 Å². The lowest BCUT2D eigenvalue weighted by atomic mass is 10.4. The first kappa shape index (κ1) is 8.68. The van der Waals surface area contributed by atoms with Gasteiger partial charge in [-0.05, 0) is 19.1 Å². The molecule has 0 aromatic carbocycles. The number of aromatic nitrogens is 4. The van der Waals surface area contributed by atoms with Crippen LogP contribution in [0.1, 0.15) is 5.69 Å². The summed E-state index contributed by atoms with van der Waals surface area (Å²) in [6.45, 7) is 1.88. The van der Waals surface area contributed by atoms with Gasteiger partial charge >= 0.3 is 0 Å². The zero-order chi connectivity index (χ0) is 9.97. The van der Waals surface area contributed by atoms with Crippen LogP contribution < -0.4 is 4.74 Å². The van der Waals surface area contributed by atoms with Gasteiger partial charge in [-0.1, -0.05) is 0 Å². The molecule has 0 aliphatic heterocycles. The van der Waals surface area contributed by atoms with Crippen LogP contribution in [0.15, 0.2) is 24.5 Å². The number of rotatable bonds is 2. The Morgan fingerprint density at radius 2 is 2.14 bits per heavy atom. The fraction of sp³-hybridized carbons (Fsp3) is 0.222. The van der Waals surface area contributed by atoms with Gasteiger partial charge in [-0.3, -0.25) is 0 Å². The Morgan fingerprint density at radius 3 is 2.64 bits per heavy atom. The van der Waals surface area contributed by atoms with Gasteiger partial charge in [0.1, 0.15) is 5.75 Å². The second-order valence-electron chi connectivity index (χ2n) is 2.83. The van der Waals surface area contributed by atoms with Gasteiger partial charge < -0.3 is 4.74 Å². The summed E-state index contributed by atoms with van der Waals surface area (Å²) < 4.78 is 5.00. The molecule has 0 unspecified atom stereocenters. The highest BCUT2D eigenvalue weighted by Gasteiger charge is 2.00. The Morgan fingerprint density at radius 1 is 1.29 bits per heavy atom. The topological polar surface area (TPSA) is 52.8 Å². The quantitative estimate of drug-likeness (QED) is 0.708. The van der Waals surface area contributed by atoms with Crippen LogP contribution in [0, 0.1) is 6.92 Å². The largest absolute Gasteiger partial charge is 0.495 e. The van der Waals surface area contributed by atoms with Crippen LogP contribution in [-0.4, -0.2) is 27.1 Å². The Labute approximate surface area is 81.3 Å². The summed E-state index contributed by atoms with van der Waals surface area (Å²) in [4.78, 5) is 5.63. The molecule has 0 bridgehead atoms. The third-order valence-corrected chi connectivity index (χ3v) is 1.77. The molecule has 0 aliphatic rings. The highest BCUT2D eigenvalue weighted by atomic mass is 16.5. The van der Waals surface area contributed by atoms with Gasteiger partial charge in [0.25, 0.3) is 0 Å². The maximum Gasteiger partial charge on any atom is 0.174 e. The third-order valence-electron chi connectivity index (χ3n) is 1.77. The van der Waals surface area contributed by atoms with Gasteiger partial charge in [-0.15, -0.1) is 4.80 Å². The maximum atomic E-state index is 5.00. The number of nitrogens with zero attached hydrogens (tertiary/aromatic N) is 4. The molecule has 72 valence electrons. The van der Waals surface area contributed by atoms with Crippen LogP contribution in [-0.2, 0) is 0 Å². The van der Waals surface area contributed by atoms with Gasteiger partial charge in [0.15, 0.2) is 5.82 Å². The molecule has 0 radical (unpaired) electrons. The smallest absolute Gasteiger partial charge is 0.174 e. The molecular weight excluding hydrogens is 180 g/mol. The summed E-state index contributed by atoms with van der Waals surface area (Å²) in [5, 5.41) is 8.18. The number of aryl methyl sites for hydroxylation is 1. The van der Waals surface area contributed by atoms with Crippen molar-refractivity contribution in [3.63, 3.8) is 0 Å². The van der Waals surface area contributed by atoms with Crippen molar-refractivity contribution < 1.29 is 4.74 Å². The van der Waals surface area contributed by atoms with E-state index < -0.39 is 0 Å². The monoisotopic (exact) mass is 190 g/mol. The molecule has 5 nitrogen and oxygen atoms in total. The van der Waals surface area contributed by atoms with E-state index in [0.29, 0.717) is 5.82 Å². The third kappa shape index (κ3) is 1.56. The number of methoxy groups -OCH3 is 1. The molecule has 2 aromatic rings. The predicted molar refractivity (Wildman–Crippen MR) is 50.4 cm³/mol. The molecule has 0 fully saturated rings. The van der Waals surface area contributed by atoms with Crippen LogP contribution in [0.2, 0.25) is 0 Å². The lowest BCUT2D eigenvalue weighted by Gasteiger charge is -2.00. The Bertz CT molecular complexity index is 421. The number of pyridine rings is 1. The highest BCUT2D eigenvalue weighted by molar-refractivity contribution is 5.26. The van der Waals surface area contributed by atoms with E-state index in [1.165, 1.54) is 4.80 Å². The molecule has 0 N–H and O–H groups in total. The Kier molecular flexibility index (Phi) is 2.14. The SMILES string of the molecule is COc1ccc(-n2ncc(C)n2)nc1. The summed E-state index contributed by atoms with van der Waals surface area (Å²) in [5.74, 6) is 1.40. The summed E-state index contributed by atoms with van der Waals surface area (Å²) in [5.41, 5.74) is 0.864. The van der Waals surface area contributed by atoms with Crippen molar-refractivity contribution in [1.29, 1.82) is 0 Å². The number of ether oxygens (including phenoxy) is 1. The van der Waals surface area contributed by atoms with E-state index >= 15 is 0 Å². The maximum absolute atomic E-state index is 5.00. The Balaban J connectivity index is 2.33. The minimum Gasteiger partial charge on any atom is -0.495 e. The van der Waals surface area contributed by atoms with Gasteiger partial charge in [0.2, 0.25) is 0 Å². The highest BCUT2D eigenvalue weighted by Crippen LogP contribution is 2.09. The molecule has 2 heterocycles. The van der Waals surface area contributed by atoms with Gasteiger partial charge in [0, 0.05) is 0 Å². The number of hydrogen-bond donors (Lipinski definition) is 0. The minimum atomic E-state index is 0.680. The molecule has 5 heteroatoms. The van der Waals surface area contributed by atoms with Crippen LogP contribution in [0.3, 0.4) is 0 Å². The van der Waals surface area contributed by atoms with Crippen molar-refractivity contribution >= 4 is 0 Å². The van der Waals surface area contributed by atoms with Crippen molar-refractivity contribution in [2.75, 3.05) is 7.11 Å². The van der Waals surface area contributed by atoms with E-state index in [1.54, 1.807) is 25.6 Å². The van der Waals surface area contributed by atoms with Gasteiger partial charge in [0.05, 0.1) is 25.2 Å². The average molecular weight is 190 g/mol. The van der Waals surface area contributed by atoms with E-state index in [2.05, 4.69) is 15.2 Å². The molecule has 2 aromatic heterocycles. The second-order valence-corrected chi connectivity index (χ2v) is 2.83. The van der Waals surface area contributed by atoms with Gasteiger partial charge in [-0.2, -0.15) is 10.2 Å². The second kappa shape index (κ2) is 3.45. The van der Waals surface area contributed by atoms with Crippen LogP contribution >= 0.6 is 0 Å². The summed E-state index contributed by atoms with van der Waals surface area (Å²) >= 11 is 0. The summed E-state index contributed by atoms with van der Waals surface area (Å²) in [6.07, 6.45) is 3.32. The normalized spacial score (nSPS) is 10.1. The molecule has 0 spiro atoms. The molecule has 0 amide bonds. The van der Waals surface area contributed by atoms with E-state index in [0.717, 1.165) is 11.4 Å². The lowest BCUT2D eigenvalue weighted by Crippen LogP contribution is -2.01. The van der Waals surface area contributed by atoms with Gasteiger partial charge in [-0.25, -0.2) is 4.98 Å². The zero-order valence-corrected chi connectivity index (χ0v) is 8.01. The molecule has 2 rings (SSSR count). The first-order valence-corrected chi connectivity index (χ1v) is 4.19. The average Bonchev–Trinajstić information content (AvgIpc) is 2.65. The fourth-order valence-corrected chi connectivity index (χ4v) is 1.06. The van der Waals surface area contributed by atoms with Crippen molar-refractivity contribution in [2.45, 2.75) is 6.92 Å². The van der Waals surface area contributed by atoms with E-state index in [4.69, 9.17) is 4.74 Å². The Hall–Kier alpha value is -1.91. The van der Waals surface area contributed by atoms with E-state index in [9.17, 15) is 0 Å². The summed E-state index contributed by atoms with van der Waals surface area (Å²) in [6, 6.07) is 3.62. The molecular formula is C9H10N4O. The molecule has 0 aliphatic carbocycles. The predicted octanol–water partition coefficient (Wildman–Crippen LogP) is 0.979. The first-order valence-electron chi connectivity index (χ1n) is 4.19. The molecule has 0 atom stereocenters. The first-order chi connectivity index (χ1) is 6.79. The van der Waals surface area contributed by atoms with Crippen molar-refractivity contribution in [3.8, 4) is 11.6 Å². The van der Waals surface area contributed by atoms with Crippen LogP contribution in [0.25, 0.3) is 5.82 Å². The minimum absolute atomic E-state index is 0.680. The fourth-order valence-electron chi connectivity index (χ4n) is 1.06.